The van der Waals surface area contributed by atoms with Crippen molar-refractivity contribution in [3.05, 3.63) is 32.0 Å². The maximum absolute atomic E-state index is 3.54. The maximum atomic E-state index is 3.54. The number of fused-ring (bicyclic) bond motifs is 1. The zero-order chi connectivity index (χ0) is 8.72. The quantitative estimate of drug-likeness (QED) is 0.660. The molecule has 0 bridgehead atoms. The van der Waals surface area contributed by atoms with Crippen LogP contribution in [-0.2, 0) is 0 Å². The Hall–Kier alpha value is 0.140. The standard InChI is InChI=1S/C9H6Br2S/c1-5-7(10)4-8(11)6-2-3-12-9(5)6/h2-4H,1H3. The van der Waals surface area contributed by atoms with Gasteiger partial charge in [-0.15, -0.1) is 11.3 Å². The number of hydrogen-bond donors (Lipinski definition) is 0. The van der Waals surface area contributed by atoms with E-state index in [0.29, 0.717) is 0 Å². The van der Waals surface area contributed by atoms with Gasteiger partial charge in [0, 0.05) is 19.0 Å². The molecule has 0 radical (unpaired) electrons. The van der Waals surface area contributed by atoms with Crippen LogP contribution in [0.15, 0.2) is 26.5 Å². The monoisotopic (exact) mass is 304 g/mol. The van der Waals surface area contributed by atoms with Gasteiger partial charge in [0.2, 0.25) is 0 Å². The third-order valence-corrected chi connectivity index (χ3v) is 4.39. The zero-order valence-electron chi connectivity index (χ0n) is 6.40. The van der Waals surface area contributed by atoms with Crippen LogP contribution in [0, 0.1) is 6.92 Å². The van der Waals surface area contributed by atoms with Crippen molar-refractivity contribution in [2.24, 2.45) is 0 Å². The van der Waals surface area contributed by atoms with Gasteiger partial charge in [-0.3, -0.25) is 0 Å². The Bertz CT molecular complexity index is 431. The predicted octanol–water partition coefficient (Wildman–Crippen LogP) is 4.73. The summed E-state index contributed by atoms with van der Waals surface area (Å²) in [6.07, 6.45) is 0. The number of rotatable bonds is 0. The number of aryl methyl sites for hydroxylation is 1. The second kappa shape index (κ2) is 3.13. The van der Waals surface area contributed by atoms with Crippen molar-refractivity contribution in [1.82, 2.24) is 0 Å². The molecule has 0 aliphatic carbocycles. The SMILES string of the molecule is Cc1c(Br)cc(Br)c2ccsc12. The molecule has 0 saturated heterocycles. The molecule has 2 rings (SSSR count). The fourth-order valence-corrected chi connectivity index (χ4v) is 3.68. The van der Waals surface area contributed by atoms with Crippen molar-refractivity contribution in [3.8, 4) is 0 Å². The summed E-state index contributed by atoms with van der Waals surface area (Å²) in [6, 6.07) is 4.24. The highest BCUT2D eigenvalue weighted by molar-refractivity contribution is 9.11. The van der Waals surface area contributed by atoms with Crippen LogP contribution in [0.1, 0.15) is 5.56 Å². The first-order chi connectivity index (χ1) is 5.70. The molecule has 0 saturated carbocycles. The van der Waals surface area contributed by atoms with E-state index in [2.05, 4.69) is 56.3 Å². The first-order valence-corrected chi connectivity index (χ1v) is 5.98. The van der Waals surface area contributed by atoms with Gasteiger partial charge in [-0.2, -0.15) is 0 Å². The van der Waals surface area contributed by atoms with E-state index in [1.54, 1.807) is 11.3 Å². The molecule has 2 aromatic rings. The normalized spacial score (nSPS) is 10.9. The van der Waals surface area contributed by atoms with Crippen molar-refractivity contribution in [3.63, 3.8) is 0 Å². The van der Waals surface area contributed by atoms with E-state index < -0.39 is 0 Å². The topological polar surface area (TPSA) is 0 Å². The summed E-state index contributed by atoms with van der Waals surface area (Å²) >= 11 is 8.85. The molecule has 0 spiro atoms. The molecule has 1 heterocycles. The molecule has 0 N–H and O–H groups in total. The Morgan fingerprint density at radius 3 is 2.75 bits per heavy atom. The van der Waals surface area contributed by atoms with Gasteiger partial charge >= 0.3 is 0 Å². The Kier molecular flexibility index (Phi) is 2.27. The third-order valence-electron chi connectivity index (χ3n) is 1.87. The number of thiophene rings is 1. The first kappa shape index (κ1) is 8.73. The molecule has 0 amide bonds. The van der Waals surface area contributed by atoms with Gasteiger partial charge in [-0.25, -0.2) is 0 Å². The molecule has 1 aromatic carbocycles. The molecular weight excluding hydrogens is 300 g/mol. The molecule has 0 aliphatic heterocycles. The lowest BCUT2D eigenvalue weighted by Crippen LogP contribution is -1.76. The Labute approximate surface area is 91.9 Å². The van der Waals surface area contributed by atoms with E-state index in [1.165, 1.54) is 20.1 Å². The molecule has 0 atom stereocenters. The van der Waals surface area contributed by atoms with E-state index in [-0.39, 0.29) is 0 Å². The van der Waals surface area contributed by atoms with Gasteiger partial charge in [-0.1, -0.05) is 31.9 Å². The molecule has 1 aromatic heterocycles. The summed E-state index contributed by atoms with van der Waals surface area (Å²) in [6.45, 7) is 2.13. The molecule has 0 nitrogen and oxygen atoms in total. The van der Waals surface area contributed by atoms with Crippen LogP contribution in [0.3, 0.4) is 0 Å². The first-order valence-electron chi connectivity index (χ1n) is 3.52. The van der Waals surface area contributed by atoms with E-state index in [0.717, 1.165) is 4.47 Å². The predicted molar refractivity (Wildman–Crippen MR) is 62.0 cm³/mol. The van der Waals surface area contributed by atoms with Gasteiger partial charge in [0.15, 0.2) is 0 Å². The smallest absolute Gasteiger partial charge is 0.0394 e. The Morgan fingerprint density at radius 2 is 2.00 bits per heavy atom. The van der Waals surface area contributed by atoms with E-state index in [4.69, 9.17) is 0 Å². The van der Waals surface area contributed by atoms with E-state index >= 15 is 0 Å². The summed E-state index contributed by atoms with van der Waals surface area (Å²) in [7, 11) is 0. The Balaban J connectivity index is 2.97. The van der Waals surface area contributed by atoms with E-state index in [1.807, 2.05) is 0 Å². The number of benzene rings is 1. The van der Waals surface area contributed by atoms with E-state index in [9.17, 15) is 0 Å². The van der Waals surface area contributed by atoms with Crippen LogP contribution in [0.5, 0.6) is 0 Å². The van der Waals surface area contributed by atoms with Gasteiger partial charge in [0.05, 0.1) is 0 Å². The fourth-order valence-electron chi connectivity index (χ4n) is 1.19. The van der Waals surface area contributed by atoms with Crippen LogP contribution in [0.4, 0.5) is 0 Å². The minimum atomic E-state index is 1.16. The second-order valence-electron chi connectivity index (χ2n) is 2.63. The van der Waals surface area contributed by atoms with Crippen LogP contribution < -0.4 is 0 Å². The third kappa shape index (κ3) is 1.24. The van der Waals surface area contributed by atoms with Crippen LogP contribution >= 0.6 is 43.2 Å². The summed E-state index contributed by atoms with van der Waals surface area (Å²) < 4.78 is 3.69. The second-order valence-corrected chi connectivity index (χ2v) is 5.25. The maximum Gasteiger partial charge on any atom is 0.0394 e. The summed E-state index contributed by atoms with van der Waals surface area (Å²) in [5.41, 5.74) is 1.32. The molecule has 62 valence electrons. The number of hydrogen-bond acceptors (Lipinski definition) is 1. The fraction of sp³-hybridized carbons (Fsp3) is 0.111. The molecule has 0 unspecified atom stereocenters. The van der Waals surface area contributed by atoms with Crippen molar-refractivity contribution < 1.29 is 0 Å². The summed E-state index contributed by atoms with van der Waals surface area (Å²) in [4.78, 5) is 0. The number of halogens is 2. The highest BCUT2D eigenvalue weighted by Gasteiger charge is 2.06. The van der Waals surface area contributed by atoms with Crippen LogP contribution in [-0.4, -0.2) is 0 Å². The highest BCUT2D eigenvalue weighted by atomic mass is 79.9. The largest absolute Gasteiger partial charge is 0.143 e. The van der Waals surface area contributed by atoms with Crippen molar-refractivity contribution >= 4 is 53.3 Å². The molecule has 0 fully saturated rings. The van der Waals surface area contributed by atoms with Gasteiger partial charge in [0.25, 0.3) is 0 Å². The lowest BCUT2D eigenvalue weighted by molar-refractivity contribution is 1.50. The minimum Gasteiger partial charge on any atom is -0.143 e. The van der Waals surface area contributed by atoms with Crippen molar-refractivity contribution in [2.75, 3.05) is 0 Å². The zero-order valence-corrected chi connectivity index (χ0v) is 10.4. The summed E-state index contributed by atoms with van der Waals surface area (Å²) in [5, 5.41) is 3.43. The van der Waals surface area contributed by atoms with Gasteiger partial charge in [0.1, 0.15) is 0 Å². The Morgan fingerprint density at radius 1 is 1.25 bits per heavy atom. The molecule has 0 aliphatic rings. The van der Waals surface area contributed by atoms with Gasteiger partial charge < -0.3 is 0 Å². The average molecular weight is 306 g/mol. The van der Waals surface area contributed by atoms with Crippen molar-refractivity contribution in [2.45, 2.75) is 6.92 Å². The van der Waals surface area contributed by atoms with Gasteiger partial charge in [-0.05, 0) is 30.0 Å². The molecular formula is C9H6Br2S. The van der Waals surface area contributed by atoms with Crippen LogP contribution in [0.25, 0.3) is 10.1 Å². The minimum absolute atomic E-state index is 1.16. The lowest BCUT2D eigenvalue weighted by Gasteiger charge is -2.01. The summed E-state index contributed by atoms with van der Waals surface area (Å²) in [5.74, 6) is 0. The lowest BCUT2D eigenvalue weighted by atomic mass is 10.2. The van der Waals surface area contributed by atoms with Crippen LogP contribution in [0.2, 0.25) is 0 Å². The highest BCUT2D eigenvalue weighted by Crippen LogP contribution is 2.35. The molecule has 12 heavy (non-hydrogen) atoms. The average Bonchev–Trinajstić information content (AvgIpc) is 2.48. The van der Waals surface area contributed by atoms with Crippen molar-refractivity contribution in [1.29, 1.82) is 0 Å². The molecule has 3 heteroatoms.